The van der Waals surface area contributed by atoms with E-state index in [1.54, 1.807) is 43.8 Å². The highest BCUT2D eigenvalue weighted by Gasteiger charge is 2.62. The van der Waals surface area contributed by atoms with Crippen LogP contribution in [-0.4, -0.2) is 139 Å². The van der Waals surface area contributed by atoms with Gasteiger partial charge in [0, 0.05) is 67.2 Å². The number of esters is 1. The first-order chi connectivity index (χ1) is 35.2. The number of aromatic nitrogens is 1. The number of nitrogens with one attached hydrogen (secondary N) is 4. The molecule has 2 saturated heterocycles. The first-order valence-corrected chi connectivity index (χ1v) is 29.6. The minimum absolute atomic E-state index is 0.0334. The number of carbonyl (C=O) groups excluding carboxylic acids is 7. The number of carboxylic acid groups (broad SMARTS) is 1. The Bertz CT molecular complexity index is 2280. The van der Waals surface area contributed by atoms with E-state index in [4.69, 9.17) is 14.6 Å². The third kappa shape index (κ3) is 19.1. The predicted molar refractivity (Wildman–Crippen MR) is 294 cm³/mol. The van der Waals surface area contributed by atoms with E-state index in [2.05, 4.69) is 40.1 Å². The van der Waals surface area contributed by atoms with Gasteiger partial charge in [-0.2, -0.15) is 0 Å². The fraction of sp³-hybridized carbons (Fsp3) is 0.685. The number of hydrogen-bond donors (Lipinski definition) is 5. The molecule has 2 fully saturated rings. The van der Waals surface area contributed by atoms with E-state index in [-0.39, 0.29) is 64.3 Å². The van der Waals surface area contributed by atoms with Gasteiger partial charge in [0.1, 0.15) is 35.4 Å². The highest BCUT2D eigenvalue weighted by atomic mass is 33.1. The molecule has 0 radical (unpaired) electrons. The van der Waals surface area contributed by atoms with Crippen molar-refractivity contribution in [3.05, 3.63) is 52.0 Å². The number of ether oxygens (including phenoxy) is 2. The number of hydrogen-bond acceptors (Lipinski definition) is 14. The molecule has 6 amide bonds. The van der Waals surface area contributed by atoms with Crippen molar-refractivity contribution in [2.75, 3.05) is 25.9 Å². The van der Waals surface area contributed by atoms with E-state index < -0.39 is 72.3 Å². The van der Waals surface area contributed by atoms with E-state index in [1.807, 2.05) is 78.8 Å². The van der Waals surface area contributed by atoms with Crippen LogP contribution in [0.3, 0.4) is 0 Å². The van der Waals surface area contributed by atoms with Gasteiger partial charge in [-0.15, -0.1) is 11.3 Å². The monoisotopic (exact) mass is 1100 g/mol. The lowest BCUT2D eigenvalue weighted by Gasteiger charge is -2.39. The molecule has 0 spiro atoms. The molecule has 2 unspecified atom stereocenters. The van der Waals surface area contributed by atoms with Crippen LogP contribution in [-0.2, 0) is 49.5 Å². The van der Waals surface area contributed by atoms with Crippen LogP contribution in [0, 0.1) is 11.8 Å². The molecule has 75 heavy (non-hydrogen) atoms. The van der Waals surface area contributed by atoms with Gasteiger partial charge in [0.05, 0.1) is 6.04 Å². The van der Waals surface area contributed by atoms with Crippen LogP contribution in [0.4, 0.5) is 0 Å². The van der Waals surface area contributed by atoms with Crippen molar-refractivity contribution in [1.29, 1.82) is 0 Å². The minimum atomic E-state index is -1.38. The molecule has 418 valence electrons. The molecular weight excluding hydrogens is 1020 g/mol. The number of epoxide rings is 1. The fourth-order valence-electron chi connectivity index (χ4n) is 9.02. The summed E-state index contributed by atoms with van der Waals surface area (Å²) in [4.78, 5) is 114. The second-order valence-corrected chi connectivity index (χ2v) is 25.7. The zero-order chi connectivity index (χ0) is 55.8. The number of piperidine rings is 1. The molecule has 0 bridgehead atoms. The van der Waals surface area contributed by atoms with Gasteiger partial charge in [0.15, 0.2) is 11.7 Å². The largest absolute Gasteiger partial charge is 0.480 e. The molecule has 2 aliphatic heterocycles. The number of nitrogens with zero attached hydrogens (tertiary/aromatic N) is 3. The molecule has 5 N–H and O–H groups in total. The smallest absolute Gasteiger partial charge is 0.322 e. The van der Waals surface area contributed by atoms with E-state index in [0.717, 1.165) is 48.3 Å². The Balaban J connectivity index is 1.42. The molecule has 21 heteroatoms. The molecular formula is C54H83N7O11S3. The van der Waals surface area contributed by atoms with Crippen LogP contribution in [0.15, 0.2) is 35.7 Å². The quantitative estimate of drug-likeness (QED) is 0.0224. The van der Waals surface area contributed by atoms with Gasteiger partial charge < -0.3 is 45.6 Å². The number of likely N-dealkylation sites (tertiary alicyclic amines) is 1. The molecule has 1 aromatic heterocycles. The third-order valence-corrected chi connectivity index (χ3v) is 18.6. The number of carboxylic acids is 1. The summed E-state index contributed by atoms with van der Waals surface area (Å²) < 4.78 is 11.6. The van der Waals surface area contributed by atoms with Gasteiger partial charge in [0.2, 0.25) is 23.6 Å². The van der Waals surface area contributed by atoms with Crippen molar-refractivity contribution >= 4 is 80.3 Å². The third-order valence-electron chi connectivity index (χ3n) is 14.2. The summed E-state index contributed by atoms with van der Waals surface area (Å²) in [6, 6.07) is 6.43. The predicted octanol–water partition coefficient (Wildman–Crippen LogP) is 7.26. The number of benzene rings is 1. The lowest BCUT2D eigenvalue weighted by Crippen LogP contribution is -2.59. The molecule has 3 heterocycles. The summed E-state index contributed by atoms with van der Waals surface area (Å²) in [6.45, 7) is 20.7. The Morgan fingerprint density at radius 2 is 1.71 bits per heavy atom. The van der Waals surface area contributed by atoms with Gasteiger partial charge in [0.25, 0.3) is 11.8 Å². The Kier molecular flexibility index (Phi) is 23.9. The standard InChI is InChI=1S/C54H83N7O11S3/c1-13-34(5)45(58-48(68)39-23-18-19-27-61(39)43(64)24-20-28-74-75-53(9,10)26-25-42(63)59-52(7,8)14-2)50(69)60(12)40(33(3)4)30-41(71-35(6)62)49-57-38(32-73-49)47(67)56-37(29-36-21-16-15-17-22-36)46-54(11,72-46)51(70)55-31-44(65)66/h15-17,21-22,32-34,37,39-41,45-46H,13-14,18-20,23-31H2,1-12H3,(H,55,70)(H,56,67)(H,58,68)(H,59,63)(H,65,66)/t34-,37-,39+,40+,41+,45-,46?,54?/m0/s1. The lowest BCUT2D eigenvalue weighted by molar-refractivity contribution is -0.149. The number of carbonyl (C=O) groups is 8. The SMILES string of the molecule is CC[C@H](C)[C@H](NC(=O)[C@H]1CCCCN1C(=O)CCCSSC(C)(C)CCC(=O)NC(C)(C)CC)C(=O)N(C)[C@H](C[C@@H](OC(C)=O)c1nc(C(=O)N[C@@H](Cc2ccccc2)C2OC2(C)C(=O)NCC(=O)O)cs1)C(C)C. The summed E-state index contributed by atoms with van der Waals surface area (Å²) in [5.41, 5.74) is -0.727. The summed E-state index contributed by atoms with van der Waals surface area (Å²) >= 11 is 1.12. The average Bonchev–Trinajstić information content (AvgIpc) is 3.81. The fourth-order valence-corrected chi connectivity index (χ4v) is 12.5. The maximum Gasteiger partial charge on any atom is 0.322 e. The van der Waals surface area contributed by atoms with Crippen LogP contribution in [0.25, 0.3) is 0 Å². The molecule has 0 aliphatic carbocycles. The zero-order valence-corrected chi connectivity index (χ0v) is 48.5. The second-order valence-electron chi connectivity index (χ2n) is 21.7. The summed E-state index contributed by atoms with van der Waals surface area (Å²) in [5.74, 6) is -3.43. The van der Waals surface area contributed by atoms with Gasteiger partial charge in [-0.1, -0.05) is 93.0 Å². The number of rotatable bonds is 30. The van der Waals surface area contributed by atoms with E-state index in [9.17, 15) is 38.4 Å². The van der Waals surface area contributed by atoms with Crippen molar-refractivity contribution in [3.8, 4) is 0 Å². The highest BCUT2D eigenvalue weighted by molar-refractivity contribution is 8.77. The van der Waals surface area contributed by atoms with E-state index >= 15 is 0 Å². The number of amides is 6. The number of aliphatic carboxylic acids is 1. The Labute approximate surface area is 455 Å². The summed E-state index contributed by atoms with van der Waals surface area (Å²) in [6.07, 6.45) is 4.22. The molecule has 1 aromatic carbocycles. The summed E-state index contributed by atoms with van der Waals surface area (Å²) in [5, 5.41) is 22.5. The first kappa shape index (κ1) is 62.8. The maximum atomic E-state index is 14.7. The molecule has 2 aliphatic rings. The Morgan fingerprint density at radius 1 is 1.01 bits per heavy atom. The molecule has 4 rings (SSSR count). The maximum absolute atomic E-state index is 14.7. The van der Waals surface area contributed by atoms with Crippen LogP contribution in [0.2, 0.25) is 0 Å². The first-order valence-electron chi connectivity index (χ1n) is 26.4. The average molecular weight is 1100 g/mol. The topological polar surface area (TPSA) is 246 Å². The number of thiazole rings is 1. The van der Waals surface area contributed by atoms with Crippen LogP contribution in [0.1, 0.15) is 168 Å². The van der Waals surface area contributed by atoms with Crippen molar-refractivity contribution in [3.63, 3.8) is 0 Å². The van der Waals surface area contributed by atoms with Crippen molar-refractivity contribution < 1.29 is 52.9 Å². The van der Waals surface area contributed by atoms with Crippen molar-refractivity contribution in [2.24, 2.45) is 11.8 Å². The number of likely N-dealkylation sites (N-methyl/N-ethyl adjacent to an activating group) is 1. The van der Waals surface area contributed by atoms with Crippen LogP contribution in [0.5, 0.6) is 0 Å². The van der Waals surface area contributed by atoms with Gasteiger partial charge in [-0.3, -0.25) is 38.4 Å². The zero-order valence-electron chi connectivity index (χ0n) is 46.1. The molecule has 0 saturated carbocycles. The van der Waals surface area contributed by atoms with Crippen LogP contribution < -0.4 is 21.3 Å². The Morgan fingerprint density at radius 3 is 2.33 bits per heavy atom. The van der Waals surface area contributed by atoms with Gasteiger partial charge >= 0.3 is 11.9 Å². The van der Waals surface area contributed by atoms with Crippen molar-refractivity contribution in [2.45, 2.75) is 199 Å². The second kappa shape index (κ2) is 28.6. The van der Waals surface area contributed by atoms with E-state index in [1.165, 1.54) is 13.8 Å². The lowest BCUT2D eigenvalue weighted by atomic mass is 9.92. The Hall–Kier alpha value is -4.73. The van der Waals surface area contributed by atoms with Gasteiger partial charge in [-0.05, 0) is 97.0 Å². The molecule has 18 nitrogen and oxygen atoms in total. The highest BCUT2D eigenvalue weighted by Crippen LogP contribution is 2.41. The minimum Gasteiger partial charge on any atom is -0.480 e. The molecule has 8 atom stereocenters. The van der Waals surface area contributed by atoms with E-state index in [0.29, 0.717) is 43.7 Å². The van der Waals surface area contributed by atoms with Crippen molar-refractivity contribution in [1.82, 2.24) is 36.1 Å². The molecule has 2 aromatic rings. The summed E-state index contributed by atoms with van der Waals surface area (Å²) in [7, 11) is 5.07. The normalized spacial score (nSPS) is 19.7. The van der Waals surface area contributed by atoms with Crippen LogP contribution >= 0.6 is 32.9 Å². The van der Waals surface area contributed by atoms with Gasteiger partial charge in [-0.25, -0.2) is 4.98 Å².